The van der Waals surface area contributed by atoms with Crippen LogP contribution in [0.5, 0.6) is 0 Å². The van der Waals surface area contributed by atoms with Crippen molar-refractivity contribution in [1.82, 2.24) is 0 Å². The van der Waals surface area contributed by atoms with E-state index in [4.69, 9.17) is 0 Å². The van der Waals surface area contributed by atoms with Crippen molar-refractivity contribution in [3.63, 3.8) is 0 Å². The fourth-order valence-electron chi connectivity index (χ4n) is 0.245. The van der Waals surface area contributed by atoms with Crippen LogP contribution < -0.4 is 48.6 Å². The van der Waals surface area contributed by atoms with Gasteiger partial charge in [-0.15, -0.1) is 0 Å². The van der Waals surface area contributed by atoms with Crippen molar-refractivity contribution in [3.8, 4) is 0 Å². The van der Waals surface area contributed by atoms with Crippen LogP contribution in [-0.2, 0) is 26.9 Å². The standard InChI is InChI=1S/5Ca.2FH.2H4O7P2/c;;;;;;;2*1-8(2,3)7-9(4,5)6/h;;;;;2*1H;2*(H2,1,2,3)(H2,4,5,6)/q5*+2;;;;/p-10. The molecule has 25 heteroatoms. The van der Waals surface area contributed by atoms with Crippen LogP contribution >= 0.6 is 31.3 Å². The third kappa shape index (κ3) is 72.3. The Labute approximate surface area is 288 Å². The summed E-state index contributed by atoms with van der Waals surface area (Å²) in [7, 11) is -22.7. The minimum atomic E-state index is -5.68. The molecule has 0 rings (SSSR count). The van der Waals surface area contributed by atoms with Crippen LogP contribution in [0.1, 0.15) is 0 Å². The SMILES string of the molecule is O=P([O-])([O-])OP(=O)([O-])[O-].O=P([O-])([O-])OP(=O)([O-])[O-].[Ca+2].[Ca+2].[Ca+2].[Ca+2].[Ca+2].[F-].[F-]. The molecule has 0 N–H and O–H groups in total. The molecule has 0 atom stereocenters. The van der Waals surface area contributed by atoms with Crippen molar-refractivity contribution in [3.05, 3.63) is 0 Å². The quantitative estimate of drug-likeness (QED) is 0.219. The molecular weight excluding hydrogens is 586 g/mol. The first-order valence-corrected chi connectivity index (χ1v) is 8.76. The predicted octanol–water partition coefficient (Wildman–Crippen LogP) is -14.6. The molecule has 0 saturated carbocycles. The fourth-order valence-corrected chi connectivity index (χ4v) is 2.20. The molecule has 25 heavy (non-hydrogen) atoms. The number of rotatable bonds is 4. The van der Waals surface area contributed by atoms with Gasteiger partial charge in [-0.25, -0.2) is 0 Å². The van der Waals surface area contributed by atoms with Crippen LogP contribution in [0.25, 0.3) is 0 Å². The van der Waals surface area contributed by atoms with E-state index in [9.17, 15) is 57.4 Å². The van der Waals surface area contributed by atoms with Crippen LogP contribution in [0, 0.1) is 0 Å². The summed E-state index contributed by atoms with van der Waals surface area (Å²) in [5.74, 6) is 0. The molecule has 0 aromatic carbocycles. The zero-order valence-electron chi connectivity index (χ0n) is 11.8. The summed E-state index contributed by atoms with van der Waals surface area (Å²) in [6.45, 7) is 0. The average molecular weight is 586 g/mol. The first-order valence-electron chi connectivity index (χ1n) is 2.92. The molecule has 0 aliphatic carbocycles. The van der Waals surface area contributed by atoms with Crippen LogP contribution in [0.2, 0.25) is 0 Å². The molecule has 0 radical (unpaired) electrons. The van der Waals surface area contributed by atoms with E-state index >= 15 is 0 Å². The summed E-state index contributed by atoms with van der Waals surface area (Å²) < 4.78 is 42.3. The summed E-state index contributed by atoms with van der Waals surface area (Å²) in [4.78, 5) is 74.6. The summed E-state index contributed by atoms with van der Waals surface area (Å²) in [6, 6.07) is 0. The van der Waals surface area contributed by atoms with Crippen LogP contribution in [0.3, 0.4) is 0 Å². The molecule has 128 valence electrons. The third-order valence-electron chi connectivity index (χ3n) is 0.400. The molecule has 0 aromatic rings. The van der Waals surface area contributed by atoms with E-state index in [0.717, 1.165) is 0 Å². The summed E-state index contributed by atoms with van der Waals surface area (Å²) in [5.41, 5.74) is 0. The van der Waals surface area contributed by atoms with Gasteiger partial charge in [-0.1, -0.05) is 0 Å². The first kappa shape index (κ1) is 58.0. The smallest absolute Gasteiger partial charge is 1.00 e. The van der Waals surface area contributed by atoms with E-state index in [2.05, 4.69) is 8.62 Å². The zero-order valence-corrected chi connectivity index (χ0v) is 26.4. The monoisotopic (exact) mass is 586 g/mol. The number of hydrogen-bond donors (Lipinski definition) is 0. The van der Waals surface area contributed by atoms with E-state index in [-0.39, 0.29) is 198 Å². The van der Waals surface area contributed by atoms with Crippen molar-refractivity contribution in [2.75, 3.05) is 0 Å². The molecule has 0 aliphatic heterocycles. The van der Waals surface area contributed by atoms with Gasteiger partial charge in [0.1, 0.15) is 0 Å². The molecule has 0 spiro atoms. The Hall–Kier alpha value is 6.68. The van der Waals surface area contributed by atoms with Gasteiger partial charge < -0.3 is 75.4 Å². The molecule has 0 unspecified atom stereocenters. The molecule has 0 amide bonds. The van der Waals surface area contributed by atoms with Crippen LogP contribution in [-0.4, -0.2) is 189 Å². The van der Waals surface area contributed by atoms with Gasteiger partial charge in [0.2, 0.25) is 0 Å². The van der Waals surface area contributed by atoms with E-state index in [1.54, 1.807) is 0 Å². The average Bonchev–Trinajstić information content (AvgIpc) is 1.64. The van der Waals surface area contributed by atoms with E-state index in [0.29, 0.717) is 0 Å². The van der Waals surface area contributed by atoms with Gasteiger partial charge in [-0.3, -0.25) is 0 Å². The van der Waals surface area contributed by atoms with Crippen LogP contribution in [0.15, 0.2) is 0 Å². The van der Waals surface area contributed by atoms with E-state index in [1.807, 2.05) is 0 Å². The minimum Gasteiger partial charge on any atom is -1.00 e. The Morgan fingerprint density at radius 2 is 0.480 bits per heavy atom. The Kier molecular flexibility index (Phi) is 58.7. The Morgan fingerprint density at radius 1 is 0.400 bits per heavy atom. The summed E-state index contributed by atoms with van der Waals surface area (Å²) in [5, 5.41) is 0. The molecule has 0 bridgehead atoms. The second-order valence-corrected chi connectivity index (χ2v) is 6.84. The Bertz CT molecular complexity index is 364. The maximum atomic E-state index is 9.32. The van der Waals surface area contributed by atoms with E-state index < -0.39 is 31.3 Å². The Morgan fingerprint density at radius 3 is 0.480 bits per heavy atom. The molecule has 0 saturated heterocycles. The van der Waals surface area contributed by atoms with E-state index in [1.165, 1.54) is 0 Å². The maximum Gasteiger partial charge on any atom is 2.00 e. The Balaban J connectivity index is -0.0000000229. The van der Waals surface area contributed by atoms with Gasteiger partial charge in [0.05, 0.1) is 31.3 Å². The summed E-state index contributed by atoms with van der Waals surface area (Å²) >= 11 is 0. The van der Waals surface area contributed by atoms with Crippen molar-refractivity contribution in [2.45, 2.75) is 0 Å². The van der Waals surface area contributed by atoms with Crippen molar-refractivity contribution in [2.24, 2.45) is 0 Å². The number of halogens is 2. The fraction of sp³-hybridized carbons (Fsp3) is 0. The van der Waals surface area contributed by atoms with Gasteiger partial charge in [0.25, 0.3) is 0 Å². The third-order valence-corrected chi connectivity index (χ3v) is 3.60. The van der Waals surface area contributed by atoms with Crippen molar-refractivity contribution < 1.29 is 75.4 Å². The molecule has 0 heterocycles. The second kappa shape index (κ2) is 25.3. The zero-order chi connectivity index (χ0) is 15.4. The largest absolute Gasteiger partial charge is 2.00 e. The molecule has 0 aliphatic rings. The minimum absolute atomic E-state index is 0. The second-order valence-electron chi connectivity index (χ2n) is 1.95. The summed E-state index contributed by atoms with van der Waals surface area (Å²) in [6.07, 6.45) is 0. The first-order chi connectivity index (χ1) is 7.41. The van der Waals surface area contributed by atoms with Gasteiger partial charge >= 0.3 is 189 Å². The molecule has 0 aromatic heterocycles. The maximum absolute atomic E-state index is 9.32. The van der Waals surface area contributed by atoms with Gasteiger partial charge in [0, 0.05) is 0 Å². The van der Waals surface area contributed by atoms with Crippen molar-refractivity contribution >= 4 is 220 Å². The van der Waals surface area contributed by atoms with Gasteiger partial charge in [-0.05, 0) is 0 Å². The number of hydrogen-bond acceptors (Lipinski definition) is 14. The molecule has 0 fully saturated rings. The van der Waals surface area contributed by atoms with Crippen LogP contribution in [0.4, 0.5) is 0 Å². The number of phosphoric acid groups is 4. The predicted molar refractivity (Wildman–Crippen MR) is 61.4 cm³/mol. The van der Waals surface area contributed by atoms with Gasteiger partial charge in [0.15, 0.2) is 0 Å². The molecular formula is Ca5F2O14P4. The normalized spacial score (nSPS) is 9.92. The topological polar surface area (TPSA) is 271 Å². The molecule has 14 nitrogen and oxygen atoms in total. The van der Waals surface area contributed by atoms with Crippen molar-refractivity contribution in [1.29, 1.82) is 0 Å². The van der Waals surface area contributed by atoms with Gasteiger partial charge in [-0.2, -0.15) is 0 Å².